The van der Waals surface area contributed by atoms with Crippen molar-refractivity contribution in [2.24, 2.45) is 0 Å². The number of rotatable bonds is 8. The van der Waals surface area contributed by atoms with Gasteiger partial charge in [0.15, 0.2) is 11.5 Å². The molecular formula is C23H22N2O6S. The second-order valence-electron chi connectivity index (χ2n) is 6.93. The fraction of sp³-hybridized carbons (Fsp3) is 0.174. The van der Waals surface area contributed by atoms with Crippen molar-refractivity contribution in [1.82, 2.24) is 0 Å². The van der Waals surface area contributed by atoms with Crippen molar-refractivity contribution in [3.05, 3.63) is 72.8 Å². The number of fused-ring (bicyclic) bond motifs is 1. The van der Waals surface area contributed by atoms with Crippen LogP contribution in [0.25, 0.3) is 0 Å². The Balaban J connectivity index is 1.45. The van der Waals surface area contributed by atoms with Gasteiger partial charge in [-0.1, -0.05) is 18.2 Å². The van der Waals surface area contributed by atoms with Gasteiger partial charge < -0.3 is 19.5 Å². The van der Waals surface area contributed by atoms with Gasteiger partial charge in [0, 0.05) is 11.8 Å². The van der Waals surface area contributed by atoms with Gasteiger partial charge in [-0.05, 0) is 55.5 Å². The lowest BCUT2D eigenvalue weighted by molar-refractivity contribution is -0.114. The van der Waals surface area contributed by atoms with Crippen LogP contribution in [0.3, 0.4) is 0 Å². The van der Waals surface area contributed by atoms with E-state index in [1.807, 2.05) is 30.3 Å². The minimum atomic E-state index is -3.70. The predicted molar refractivity (Wildman–Crippen MR) is 121 cm³/mol. The number of carbonyl (C=O) groups is 1. The molecule has 0 fully saturated rings. The minimum absolute atomic E-state index is 0.0732. The Morgan fingerprint density at radius 1 is 0.969 bits per heavy atom. The van der Waals surface area contributed by atoms with Crippen LogP contribution >= 0.6 is 0 Å². The zero-order chi connectivity index (χ0) is 22.6. The number of nitrogens with zero attached hydrogens (tertiary/aromatic N) is 1. The lowest BCUT2D eigenvalue weighted by Gasteiger charge is -2.23. The molecule has 0 radical (unpaired) electrons. The SMILES string of the molecule is CCS(=O)(=O)N(CC(=O)Nc1ccc(Oc2ccccc2)cc1)c1ccc2c(c1)OCO2. The first-order valence-electron chi connectivity index (χ1n) is 9.97. The maximum Gasteiger partial charge on any atom is 0.245 e. The van der Waals surface area contributed by atoms with E-state index in [9.17, 15) is 13.2 Å². The number of benzene rings is 3. The molecule has 8 nitrogen and oxygen atoms in total. The third-order valence-corrected chi connectivity index (χ3v) is 6.49. The van der Waals surface area contributed by atoms with Crippen LogP contribution in [0.2, 0.25) is 0 Å². The van der Waals surface area contributed by atoms with Crippen LogP contribution in [0.15, 0.2) is 72.8 Å². The third-order valence-electron chi connectivity index (χ3n) is 4.75. The van der Waals surface area contributed by atoms with Gasteiger partial charge in [-0.3, -0.25) is 9.10 Å². The number of ether oxygens (including phenoxy) is 3. The van der Waals surface area contributed by atoms with Crippen molar-refractivity contribution in [2.45, 2.75) is 6.92 Å². The lowest BCUT2D eigenvalue weighted by atomic mass is 10.2. The highest BCUT2D eigenvalue weighted by atomic mass is 32.2. The van der Waals surface area contributed by atoms with Crippen LogP contribution in [-0.2, 0) is 14.8 Å². The molecule has 0 aromatic heterocycles. The van der Waals surface area contributed by atoms with E-state index in [1.54, 1.807) is 42.5 Å². The fourth-order valence-electron chi connectivity index (χ4n) is 3.11. The van der Waals surface area contributed by atoms with Crippen molar-refractivity contribution < 1.29 is 27.4 Å². The van der Waals surface area contributed by atoms with Crippen molar-refractivity contribution >= 4 is 27.3 Å². The molecule has 1 heterocycles. The van der Waals surface area contributed by atoms with E-state index in [0.29, 0.717) is 34.4 Å². The molecule has 0 unspecified atom stereocenters. The second-order valence-corrected chi connectivity index (χ2v) is 9.11. The Bertz CT molecular complexity index is 1200. The number of carbonyl (C=O) groups excluding carboxylic acids is 1. The van der Waals surface area contributed by atoms with Gasteiger partial charge in [0.2, 0.25) is 22.7 Å². The summed E-state index contributed by atoms with van der Waals surface area (Å²) in [5.41, 5.74) is 0.854. The Kier molecular flexibility index (Phi) is 6.18. The van der Waals surface area contributed by atoms with Crippen molar-refractivity contribution in [2.75, 3.05) is 28.7 Å². The van der Waals surface area contributed by atoms with Gasteiger partial charge in [-0.15, -0.1) is 0 Å². The number of nitrogens with one attached hydrogen (secondary N) is 1. The van der Waals surface area contributed by atoms with Gasteiger partial charge in [0.25, 0.3) is 0 Å². The van der Waals surface area contributed by atoms with Crippen molar-refractivity contribution in [3.63, 3.8) is 0 Å². The van der Waals surface area contributed by atoms with E-state index in [0.717, 1.165) is 4.31 Å². The average molecular weight is 455 g/mol. The largest absolute Gasteiger partial charge is 0.457 e. The van der Waals surface area contributed by atoms with Crippen molar-refractivity contribution in [3.8, 4) is 23.0 Å². The first-order chi connectivity index (χ1) is 15.4. The molecule has 0 bridgehead atoms. The molecule has 1 aliphatic rings. The summed E-state index contributed by atoms with van der Waals surface area (Å²) < 4.78 is 42.7. The molecule has 3 aromatic rings. The third kappa shape index (κ3) is 4.94. The molecule has 1 amide bonds. The normalized spacial score (nSPS) is 12.3. The average Bonchev–Trinajstić information content (AvgIpc) is 3.27. The number of hydrogen-bond acceptors (Lipinski definition) is 6. The maximum atomic E-state index is 12.7. The maximum absolute atomic E-state index is 12.7. The zero-order valence-corrected chi connectivity index (χ0v) is 18.2. The minimum Gasteiger partial charge on any atom is -0.457 e. The summed E-state index contributed by atoms with van der Waals surface area (Å²) in [7, 11) is -3.70. The highest BCUT2D eigenvalue weighted by Gasteiger charge is 2.25. The smallest absolute Gasteiger partial charge is 0.245 e. The predicted octanol–water partition coefficient (Wildman–Crippen LogP) is 4.00. The molecule has 0 saturated carbocycles. The molecule has 1 aliphatic heterocycles. The lowest BCUT2D eigenvalue weighted by Crippen LogP contribution is -2.39. The van der Waals surface area contributed by atoms with E-state index in [1.165, 1.54) is 6.92 Å². The van der Waals surface area contributed by atoms with Crippen LogP contribution in [0.5, 0.6) is 23.0 Å². The highest BCUT2D eigenvalue weighted by Crippen LogP contribution is 2.36. The Hall–Kier alpha value is -3.72. The summed E-state index contributed by atoms with van der Waals surface area (Å²) in [6.45, 7) is 1.22. The van der Waals surface area contributed by atoms with Crippen molar-refractivity contribution in [1.29, 1.82) is 0 Å². The number of hydrogen-bond donors (Lipinski definition) is 1. The van der Waals surface area contributed by atoms with Gasteiger partial charge in [0.05, 0.1) is 11.4 Å². The zero-order valence-electron chi connectivity index (χ0n) is 17.4. The molecule has 32 heavy (non-hydrogen) atoms. The molecule has 0 saturated heterocycles. The topological polar surface area (TPSA) is 94.2 Å². The van der Waals surface area contributed by atoms with Crippen LogP contribution in [0, 0.1) is 0 Å². The van der Waals surface area contributed by atoms with Crippen LogP contribution in [-0.4, -0.2) is 33.4 Å². The van der Waals surface area contributed by atoms with E-state index >= 15 is 0 Å². The molecule has 9 heteroatoms. The summed E-state index contributed by atoms with van der Waals surface area (Å²) in [6, 6.07) is 20.9. The number of amides is 1. The molecule has 1 N–H and O–H groups in total. The van der Waals surface area contributed by atoms with E-state index in [2.05, 4.69) is 5.32 Å². The van der Waals surface area contributed by atoms with Gasteiger partial charge in [-0.25, -0.2) is 8.42 Å². The first kappa shape index (κ1) is 21.5. The van der Waals surface area contributed by atoms with E-state index < -0.39 is 15.9 Å². The summed E-state index contributed by atoms with van der Waals surface area (Å²) >= 11 is 0. The molecule has 0 aliphatic carbocycles. The standard InChI is InChI=1S/C23H22N2O6S/c1-2-32(27,28)25(18-10-13-21-22(14-18)30-16-29-21)15-23(26)24-17-8-11-20(12-9-17)31-19-6-4-3-5-7-19/h3-14H,2,15-16H2,1H3,(H,24,26). The summed E-state index contributed by atoms with van der Waals surface area (Å²) in [6.07, 6.45) is 0. The molecule has 0 spiro atoms. The summed E-state index contributed by atoms with van der Waals surface area (Å²) in [5, 5.41) is 2.73. The fourth-order valence-corrected chi connectivity index (χ4v) is 4.17. The summed E-state index contributed by atoms with van der Waals surface area (Å²) in [5.74, 6) is 1.66. The highest BCUT2D eigenvalue weighted by molar-refractivity contribution is 7.92. The Morgan fingerprint density at radius 3 is 2.38 bits per heavy atom. The number of para-hydroxylation sites is 1. The molecular weight excluding hydrogens is 432 g/mol. The second kappa shape index (κ2) is 9.19. The first-order valence-corrected chi connectivity index (χ1v) is 11.6. The quantitative estimate of drug-likeness (QED) is 0.553. The van der Waals surface area contributed by atoms with E-state index in [4.69, 9.17) is 14.2 Å². The monoisotopic (exact) mass is 454 g/mol. The van der Waals surface area contributed by atoms with Crippen LogP contribution in [0.4, 0.5) is 11.4 Å². The summed E-state index contributed by atoms with van der Waals surface area (Å²) in [4.78, 5) is 12.7. The van der Waals surface area contributed by atoms with E-state index in [-0.39, 0.29) is 19.1 Å². The number of sulfonamides is 1. The Labute approximate surface area is 186 Å². The van der Waals surface area contributed by atoms with Gasteiger partial charge >= 0.3 is 0 Å². The molecule has 3 aromatic carbocycles. The Morgan fingerprint density at radius 2 is 1.66 bits per heavy atom. The van der Waals surface area contributed by atoms with Crippen LogP contribution in [0.1, 0.15) is 6.92 Å². The number of anilines is 2. The van der Waals surface area contributed by atoms with Crippen LogP contribution < -0.4 is 23.8 Å². The van der Waals surface area contributed by atoms with Gasteiger partial charge in [0.1, 0.15) is 18.0 Å². The molecule has 166 valence electrons. The molecule has 4 rings (SSSR count). The van der Waals surface area contributed by atoms with Gasteiger partial charge in [-0.2, -0.15) is 0 Å². The molecule has 0 atom stereocenters.